The van der Waals surface area contributed by atoms with Crippen molar-refractivity contribution in [1.82, 2.24) is 25.0 Å². The van der Waals surface area contributed by atoms with E-state index >= 15 is 0 Å². The van der Waals surface area contributed by atoms with Crippen LogP contribution in [0, 0.1) is 12.8 Å². The molecule has 110 valence electrons. The normalized spacial score (nSPS) is 23.0. The predicted molar refractivity (Wildman–Crippen MR) is 78.7 cm³/mol. The minimum Gasteiger partial charge on any atom is -0.356 e. The van der Waals surface area contributed by atoms with E-state index in [1.807, 2.05) is 14.0 Å². The Morgan fingerprint density at radius 2 is 2.15 bits per heavy atom. The predicted octanol–water partition coefficient (Wildman–Crippen LogP) is 0.820. The minimum atomic E-state index is 0.636. The van der Waals surface area contributed by atoms with E-state index in [2.05, 4.69) is 30.0 Å². The van der Waals surface area contributed by atoms with E-state index in [0.717, 1.165) is 50.2 Å². The number of fused-ring (bicyclic) bond motifs is 1. The van der Waals surface area contributed by atoms with Crippen LogP contribution in [0.4, 0.5) is 0 Å². The van der Waals surface area contributed by atoms with E-state index in [1.165, 1.54) is 19.3 Å². The molecule has 1 N–H and O–H groups in total. The van der Waals surface area contributed by atoms with Gasteiger partial charge in [-0.15, -0.1) is 10.2 Å². The lowest BCUT2D eigenvalue weighted by Crippen LogP contribution is -2.42. The lowest BCUT2D eigenvalue weighted by molar-refractivity contribution is 0.353. The van der Waals surface area contributed by atoms with Crippen LogP contribution in [0.5, 0.6) is 0 Å². The molecular weight excluding hydrogens is 252 g/mol. The van der Waals surface area contributed by atoms with Gasteiger partial charge in [-0.2, -0.15) is 0 Å². The second kappa shape index (κ2) is 5.81. The molecule has 1 aromatic rings. The summed E-state index contributed by atoms with van der Waals surface area (Å²) in [7, 11) is 1.88. The quantitative estimate of drug-likeness (QED) is 0.642. The van der Waals surface area contributed by atoms with Crippen LogP contribution in [0.15, 0.2) is 4.99 Å². The van der Waals surface area contributed by atoms with Gasteiger partial charge >= 0.3 is 0 Å². The van der Waals surface area contributed by atoms with Gasteiger partial charge in [0.15, 0.2) is 5.96 Å². The van der Waals surface area contributed by atoms with E-state index in [1.54, 1.807) is 0 Å². The fraction of sp³-hybridized carbons (Fsp3) is 0.786. The molecule has 0 amide bonds. The molecule has 1 unspecified atom stereocenters. The molecule has 3 heterocycles. The van der Waals surface area contributed by atoms with Gasteiger partial charge in [0.25, 0.3) is 0 Å². The fourth-order valence-corrected chi connectivity index (χ4v) is 3.19. The number of nitrogens with zero attached hydrogens (tertiary/aromatic N) is 5. The summed E-state index contributed by atoms with van der Waals surface area (Å²) in [5.41, 5.74) is 0. The molecule has 2 aliphatic heterocycles. The highest BCUT2D eigenvalue weighted by molar-refractivity contribution is 5.80. The number of nitrogens with one attached hydrogen (secondary N) is 1. The van der Waals surface area contributed by atoms with Crippen LogP contribution in [-0.2, 0) is 13.0 Å². The maximum absolute atomic E-state index is 4.41. The van der Waals surface area contributed by atoms with Crippen molar-refractivity contribution in [3.05, 3.63) is 11.6 Å². The van der Waals surface area contributed by atoms with Crippen molar-refractivity contribution in [3.63, 3.8) is 0 Å². The van der Waals surface area contributed by atoms with Gasteiger partial charge in [0.05, 0.1) is 0 Å². The summed E-state index contributed by atoms with van der Waals surface area (Å²) in [6.07, 6.45) is 4.79. The van der Waals surface area contributed by atoms with E-state index in [-0.39, 0.29) is 0 Å². The summed E-state index contributed by atoms with van der Waals surface area (Å²) in [5, 5.41) is 11.9. The van der Waals surface area contributed by atoms with Gasteiger partial charge in [0.1, 0.15) is 11.6 Å². The maximum atomic E-state index is 4.41. The summed E-state index contributed by atoms with van der Waals surface area (Å²) in [4.78, 5) is 6.77. The molecule has 0 saturated carbocycles. The van der Waals surface area contributed by atoms with Crippen LogP contribution in [0.25, 0.3) is 0 Å². The Hall–Kier alpha value is -1.59. The van der Waals surface area contributed by atoms with Crippen molar-refractivity contribution < 1.29 is 0 Å². The topological polar surface area (TPSA) is 58.3 Å². The van der Waals surface area contributed by atoms with Crippen LogP contribution in [0.2, 0.25) is 0 Å². The first-order valence-electron chi connectivity index (χ1n) is 7.62. The van der Waals surface area contributed by atoms with Gasteiger partial charge in [-0.05, 0) is 32.1 Å². The lowest BCUT2D eigenvalue weighted by Gasteiger charge is -2.27. The van der Waals surface area contributed by atoms with Crippen molar-refractivity contribution in [2.45, 2.75) is 39.2 Å². The van der Waals surface area contributed by atoms with Crippen LogP contribution in [0.1, 0.15) is 30.9 Å². The highest BCUT2D eigenvalue weighted by Gasteiger charge is 2.22. The Bertz CT molecular complexity index is 486. The van der Waals surface area contributed by atoms with Crippen molar-refractivity contribution in [1.29, 1.82) is 0 Å². The maximum Gasteiger partial charge on any atom is 0.193 e. The van der Waals surface area contributed by atoms with E-state index < -0.39 is 0 Å². The third kappa shape index (κ3) is 2.64. The number of rotatable bonds is 2. The average molecular weight is 276 g/mol. The van der Waals surface area contributed by atoms with Crippen LogP contribution in [0.3, 0.4) is 0 Å². The first kappa shape index (κ1) is 13.4. The molecule has 0 aliphatic carbocycles. The number of aromatic nitrogens is 3. The van der Waals surface area contributed by atoms with Crippen LogP contribution < -0.4 is 5.32 Å². The lowest BCUT2D eigenvalue weighted by atomic mass is 9.99. The van der Waals surface area contributed by atoms with Crippen molar-refractivity contribution in [3.8, 4) is 0 Å². The molecule has 0 spiro atoms. The number of likely N-dealkylation sites (tertiary alicyclic amines) is 1. The standard InChI is InChI=1S/C14H24N6/c1-11-17-18-13-6-5-12(10-20(11)13)9-16-14(15-2)19-7-3-4-8-19/h12H,3-10H2,1-2H3,(H,15,16). The molecule has 1 aromatic heterocycles. The largest absolute Gasteiger partial charge is 0.356 e. The second-order valence-electron chi connectivity index (χ2n) is 5.80. The third-order valence-corrected chi connectivity index (χ3v) is 4.40. The van der Waals surface area contributed by atoms with E-state index in [0.29, 0.717) is 5.92 Å². The van der Waals surface area contributed by atoms with Crippen molar-refractivity contribution in [2.24, 2.45) is 10.9 Å². The average Bonchev–Trinajstić information content (AvgIpc) is 3.11. The molecular formula is C14H24N6. The monoisotopic (exact) mass is 276 g/mol. The zero-order valence-corrected chi connectivity index (χ0v) is 12.5. The van der Waals surface area contributed by atoms with Crippen molar-refractivity contribution >= 4 is 5.96 Å². The summed E-state index contributed by atoms with van der Waals surface area (Å²) in [5.74, 6) is 3.88. The van der Waals surface area contributed by atoms with Gasteiger partial charge in [0, 0.05) is 39.6 Å². The summed E-state index contributed by atoms with van der Waals surface area (Å²) in [6.45, 7) is 6.33. The molecule has 0 radical (unpaired) electrons. The molecule has 20 heavy (non-hydrogen) atoms. The molecule has 2 aliphatic rings. The smallest absolute Gasteiger partial charge is 0.193 e. The van der Waals surface area contributed by atoms with Crippen molar-refractivity contribution in [2.75, 3.05) is 26.7 Å². The summed E-state index contributed by atoms with van der Waals surface area (Å²) >= 11 is 0. The highest BCUT2D eigenvalue weighted by atomic mass is 15.3. The Balaban J connectivity index is 1.55. The van der Waals surface area contributed by atoms with Crippen LogP contribution in [-0.4, -0.2) is 52.3 Å². The number of hydrogen-bond acceptors (Lipinski definition) is 3. The first-order valence-corrected chi connectivity index (χ1v) is 7.62. The van der Waals surface area contributed by atoms with Gasteiger partial charge in [-0.1, -0.05) is 0 Å². The van der Waals surface area contributed by atoms with Gasteiger partial charge < -0.3 is 14.8 Å². The number of guanidine groups is 1. The van der Waals surface area contributed by atoms with E-state index in [9.17, 15) is 0 Å². The highest BCUT2D eigenvalue weighted by Crippen LogP contribution is 2.19. The van der Waals surface area contributed by atoms with Gasteiger partial charge in [0.2, 0.25) is 0 Å². The molecule has 6 heteroatoms. The number of hydrogen-bond donors (Lipinski definition) is 1. The second-order valence-corrected chi connectivity index (χ2v) is 5.80. The zero-order valence-electron chi connectivity index (χ0n) is 12.5. The first-order chi connectivity index (χ1) is 9.78. The SMILES string of the molecule is CN=C(NCC1CCc2nnc(C)n2C1)N1CCCC1. The summed E-state index contributed by atoms with van der Waals surface area (Å²) < 4.78 is 2.26. The molecule has 0 aromatic carbocycles. The molecule has 1 atom stereocenters. The fourth-order valence-electron chi connectivity index (χ4n) is 3.19. The van der Waals surface area contributed by atoms with Gasteiger partial charge in [-0.3, -0.25) is 4.99 Å². The molecule has 3 rings (SSSR count). The Kier molecular flexibility index (Phi) is 3.89. The number of aryl methyl sites for hydroxylation is 2. The summed E-state index contributed by atoms with van der Waals surface area (Å²) in [6, 6.07) is 0. The Morgan fingerprint density at radius 1 is 1.35 bits per heavy atom. The minimum absolute atomic E-state index is 0.636. The molecule has 1 fully saturated rings. The van der Waals surface area contributed by atoms with Gasteiger partial charge in [-0.25, -0.2) is 0 Å². The Morgan fingerprint density at radius 3 is 2.90 bits per heavy atom. The van der Waals surface area contributed by atoms with Crippen LogP contribution >= 0.6 is 0 Å². The zero-order chi connectivity index (χ0) is 13.9. The third-order valence-electron chi connectivity index (χ3n) is 4.40. The molecule has 6 nitrogen and oxygen atoms in total. The Labute approximate surface area is 120 Å². The molecule has 0 bridgehead atoms. The number of aliphatic imine (C=N–C) groups is 1. The van der Waals surface area contributed by atoms with E-state index in [4.69, 9.17) is 0 Å². The molecule has 1 saturated heterocycles.